The molecular weight excluding hydrogens is 709 g/mol. The van der Waals surface area contributed by atoms with Gasteiger partial charge in [0.15, 0.2) is 0 Å². The Morgan fingerprint density at radius 1 is 0.246 bits per heavy atom. The van der Waals surface area contributed by atoms with Crippen LogP contribution in [0.1, 0.15) is 0 Å². The number of nitrogens with zero attached hydrogens (tertiary/aromatic N) is 2. The van der Waals surface area contributed by atoms with Crippen LogP contribution in [0.5, 0.6) is 0 Å². The van der Waals surface area contributed by atoms with E-state index in [1.54, 1.807) is 0 Å². The Balaban J connectivity index is 1.01. The van der Waals surface area contributed by atoms with Crippen LogP contribution in [0.4, 0.5) is 0 Å². The number of rotatable bonds is 3. The van der Waals surface area contributed by atoms with Crippen molar-refractivity contribution in [3.63, 3.8) is 0 Å². The molecule has 0 bridgehead atoms. The van der Waals surface area contributed by atoms with E-state index in [-0.39, 0.29) is 0 Å². The Bertz CT molecular complexity index is 3780. The van der Waals surface area contributed by atoms with Crippen LogP contribution in [0.25, 0.3) is 119 Å². The van der Waals surface area contributed by atoms with E-state index >= 15 is 0 Å². The Kier molecular flexibility index (Phi) is 6.35. The molecule has 264 valence electrons. The van der Waals surface area contributed by atoms with Crippen molar-refractivity contribution < 1.29 is 0 Å². The second-order valence-electron chi connectivity index (χ2n) is 15.3. The van der Waals surface area contributed by atoms with Gasteiger partial charge in [0.2, 0.25) is 0 Å². The molecule has 3 heterocycles. The molecule has 0 unspecified atom stereocenters. The highest BCUT2D eigenvalue weighted by Gasteiger charge is 2.18. The first-order valence-corrected chi connectivity index (χ1v) is 20.4. The molecule has 10 aromatic carbocycles. The van der Waals surface area contributed by atoms with Gasteiger partial charge in [-0.25, -0.2) is 0 Å². The number of para-hydroxylation sites is 2. The molecule has 0 N–H and O–H groups in total. The van der Waals surface area contributed by atoms with Crippen LogP contribution in [0.3, 0.4) is 0 Å². The van der Waals surface area contributed by atoms with Gasteiger partial charge in [0.25, 0.3) is 0 Å². The highest BCUT2D eigenvalue weighted by Crippen LogP contribution is 2.42. The first kappa shape index (κ1) is 31.1. The average Bonchev–Trinajstić information content (AvgIpc) is 3.93. The molecule has 0 spiro atoms. The summed E-state index contributed by atoms with van der Waals surface area (Å²) in [6, 6.07) is 72.1. The molecule has 0 saturated carbocycles. The SMILES string of the molecule is c1ccc2c(c1)sc1ccc(-n3c4ccccc4c4ccc(-c5ccc6c(c5)c5ccccc5n6-c5ccc6c7ccccc7c7ccccc7c6c5)cc43)cc12. The zero-order valence-electron chi connectivity index (χ0n) is 30.8. The molecule has 13 rings (SSSR count). The molecule has 2 nitrogen and oxygen atoms in total. The molecule has 3 heteroatoms. The number of hydrogen-bond donors (Lipinski definition) is 0. The smallest absolute Gasteiger partial charge is 0.0547 e. The fraction of sp³-hybridized carbons (Fsp3) is 0. The Hall–Kier alpha value is -7.20. The van der Waals surface area contributed by atoms with Crippen LogP contribution in [-0.2, 0) is 0 Å². The van der Waals surface area contributed by atoms with Crippen molar-refractivity contribution in [2.75, 3.05) is 0 Å². The van der Waals surface area contributed by atoms with Gasteiger partial charge >= 0.3 is 0 Å². The van der Waals surface area contributed by atoms with Crippen LogP contribution in [0.15, 0.2) is 194 Å². The standard InChI is InChI=1S/C54H32N2S/c1-2-13-39-37(11-1)38-12-3-4-14-40(38)46-31-35(23-26-41(39)46)55-50-19-9-6-16-43(50)47-29-33(22-27-51(47)55)34-21-25-44-42-15-5-8-18-49(42)56(52(44)30-34)36-24-28-54-48(32-36)45-17-7-10-20-53(45)57-54/h1-32H. The van der Waals surface area contributed by atoms with Crippen LogP contribution in [0.2, 0.25) is 0 Å². The summed E-state index contributed by atoms with van der Waals surface area (Å²) < 4.78 is 7.55. The van der Waals surface area contributed by atoms with Crippen LogP contribution >= 0.6 is 11.3 Å². The lowest BCUT2D eigenvalue weighted by Gasteiger charge is -2.14. The van der Waals surface area contributed by atoms with E-state index in [4.69, 9.17) is 0 Å². The maximum atomic E-state index is 2.46. The molecule has 0 saturated heterocycles. The van der Waals surface area contributed by atoms with E-state index in [0.29, 0.717) is 0 Å². The lowest BCUT2D eigenvalue weighted by Crippen LogP contribution is -1.95. The highest BCUT2D eigenvalue weighted by atomic mass is 32.1. The van der Waals surface area contributed by atoms with Crippen molar-refractivity contribution in [1.29, 1.82) is 0 Å². The first-order valence-electron chi connectivity index (χ1n) is 19.6. The predicted molar refractivity (Wildman–Crippen MR) is 246 cm³/mol. The molecule has 0 aliphatic rings. The summed E-state index contributed by atoms with van der Waals surface area (Å²) in [5.41, 5.74) is 9.61. The Morgan fingerprint density at radius 3 is 1.40 bits per heavy atom. The van der Waals surface area contributed by atoms with E-state index in [2.05, 4.69) is 203 Å². The van der Waals surface area contributed by atoms with Crippen LogP contribution in [-0.4, -0.2) is 9.13 Å². The summed E-state index contributed by atoms with van der Waals surface area (Å²) in [6.07, 6.45) is 0. The monoisotopic (exact) mass is 740 g/mol. The number of aromatic nitrogens is 2. The van der Waals surface area contributed by atoms with Crippen molar-refractivity contribution in [1.82, 2.24) is 9.13 Å². The minimum atomic E-state index is 1.17. The fourth-order valence-corrected chi connectivity index (χ4v) is 10.8. The number of benzene rings is 10. The van der Waals surface area contributed by atoms with E-state index in [0.717, 1.165) is 0 Å². The van der Waals surface area contributed by atoms with Crippen molar-refractivity contribution in [3.05, 3.63) is 194 Å². The molecule has 0 amide bonds. The second-order valence-corrected chi connectivity index (χ2v) is 16.4. The van der Waals surface area contributed by atoms with Gasteiger partial charge < -0.3 is 9.13 Å². The molecule has 13 aromatic rings. The molecule has 0 fully saturated rings. The van der Waals surface area contributed by atoms with Gasteiger partial charge in [0.1, 0.15) is 0 Å². The summed E-state index contributed by atoms with van der Waals surface area (Å²) in [5, 5.41) is 15.4. The second kappa shape index (κ2) is 11.7. The number of hydrogen-bond acceptors (Lipinski definition) is 1. The van der Waals surface area contributed by atoms with Gasteiger partial charge in [-0.2, -0.15) is 0 Å². The maximum absolute atomic E-state index is 2.46. The molecule has 0 radical (unpaired) electrons. The van der Waals surface area contributed by atoms with Gasteiger partial charge in [0.05, 0.1) is 22.1 Å². The average molecular weight is 741 g/mol. The molecular formula is C54H32N2S. The maximum Gasteiger partial charge on any atom is 0.0547 e. The summed E-state index contributed by atoms with van der Waals surface area (Å²) in [4.78, 5) is 0. The minimum absolute atomic E-state index is 1.17. The summed E-state index contributed by atoms with van der Waals surface area (Å²) in [5.74, 6) is 0. The molecule has 0 aliphatic carbocycles. The van der Waals surface area contributed by atoms with E-state index in [9.17, 15) is 0 Å². The van der Waals surface area contributed by atoms with Crippen molar-refractivity contribution in [2.45, 2.75) is 0 Å². The van der Waals surface area contributed by atoms with E-state index in [1.807, 2.05) is 11.3 Å². The van der Waals surface area contributed by atoms with Crippen LogP contribution in [0, 0.1) is 0 Å². The molecule has 0 aliphatic heterocycles. The Labute approximate surface area is 331 Å². The predicted octanol–water partition coefficient (Wildman–Crippen LogP) is 15.4. The molecule has 57 heavy (non-hydrogen) atoms. The zero-order valence-corrected chi connectivity index (χ0v) is 31.6. The number of thiophene rings is 1. The summed E-state index contributed by atoms with van der Waals surface area (Å²) >= 11 is 1.87. The fourth-order valence-electron chi connectivity index (χ4n) is 9.75. The van der Waals surface area contributed by atoms with Gasteiger partial charge in [-0.15, -0.1) is 11.3 Å². The lowest BCUT2D eigenvalue weighted by atomic mass is 9.94. The van der Waals surface area contributed by atoms with Crippen molar-refractivity contribution in [3.8, 4) is 22.5 Å². The highest BCUT2D eigenvalue weighted by molar-refractivity contribution is 7.25. The third-order valence-corrected chi connectivity index (χ3v) is 13.4. The summed E-state index contributed by atoms with van der Waals surface area (Å²) in [7, 11) is 0. The van der Waals surface area contributed by atoms with Crippen molar-refractivity contribution in [2.24, 2.45) is 0 Å². The zero-order chi connectivity index (χ0) is 37.2. The van der Waals surface area contributed by atoms with Gasteiger partial charge in [-0.05, 0) is 110 Å². The van der Waals surface area contributed by atoms with Crippen LogP contribution < -0.4 is 0 Å². The third-order valence-electron chi connectivity index (χ3n) is 12.3. The topological polar surface area (TPSA) is 9.86 Å². The van der Waals surface area contributed by atoms with Gasteiger partial charge in [-0.1, -0.05) is 127 Å². The molecule has 0 atom stereocenters. The number of fused-ring (bicyclic) bond motifs is 15. The van der Waals surface area contributed by atoms with Gasteiger partial charge in [-0.3, -0.25) is 0 Å². The normalized spacial score (nSPS) is 12.2. The largest absolute Gasteiger partial charge is 0.309 e. The quantitative estimate of drug-likeness (QED) is 0.160. The third kappa shape index (κ3) is 4.40. The van der Waals surface area contributed by atoms with E-state index in [1.165, 1.54) is 119 Å². The van der Waals surface area contributed by atoms with E-state index < -0.39 is 0 Å². The first-order chi connectivity index (χ1) is 28.3. The minimum Gasteiger partial charge on any atom is -0.309 e. The lowest BCUT2D eigenvalue weighted by molar-refractivity contribution is 1.19. The Morgan fingerprint density at radius 2 is 0.684 bits per heavy atom. The van der Waals surface area contributed by atoms with Gasteiger partial charge in [0, 0.05) is 53.1 Å². The molecule has 3 aromatic heterocycles. The summed E-state index contributed by atoms with van der Waals surface area (Å²) in [6.45, 7) is 0. The van der Waals surface area contributed by atoms with Crippen molar-refractivity contribution >= 4 is 107 Å².